The highest BCUT2D eigenvalue weighted by atomic mass is 32.2. The van der Waals surface area contributed by atoms with E-state index in [1.54, 1.807) is 37.8 Å². The number of methoxy groups -OCH3 is 3. The fourth-order valence-corrected chi connectivity index (χ4v) is 8.12. The smallest absolute Gasteiger partial charge is 0.243 e. The molecule has 0 aliphatic carbocycles. The van der Waals surface area contributed by atoms with E-state index in [0.29, 0.717) is 32.7 Å². The molecule has 4 atom stereocenters. The summed E-state index contributed by atoms with van der Waals surface area (Å²) in [7, 11) is 1.24. The summed E-state index contributed by atoms with van der Waals surface area (Å²) < 4.78 is 59.1. The highest BCUT2D eigenvalue weighted by molar-refractivity contribution is 7.89. The fraction of sp³-hybridized carbons (Fsp3) is 0.500. The number of rotatable bonds is 14. The van der Waals surface area contributed by atoms with Gasteiger partial charge in [-0.05, 0) is 80.6 Å². The Hall–Kier alpha value is -3.15. The number of benzene rings is 3. The molecule has 2 heterocycles. The predicted octanol–water partition coefficient (Wildman–Crippen LogP) is 5.80. The maximum absolute atomic E-state index is 14.2. The Morgan fingerprint density at radius 1 is 1.00 bits per heavy atom. The van der Waals surface area contributed by atoms with Crippen molar-refractivity contribution < 1.29 is 32.1 Å². The Morgan fingerprint density at radius 2 is 1.76 bits per heavy atom. The number of fused-ring (bicyclic) bond motifs is 1. The highest BCUT2D eigenvalue weighted by Crippen LogP contribution is 2.40. The maximum Gasteiger partial charge on any atom is 0.243 e. The average molecular weight is 653 g/mol. The van der Waals surface area contributed by atoms with Gasteiger partial charge in [-0.25, -0.2) is 8.42 Å². The van der Waals surface area contributed by atoms with Crippen molar-refractivity contribution in [3.63, 3.8) is 0 Å². The van der Waals surface area contributed by atoms with E-state index in [1.165, 1.54) is 0 Å². The molecule has 5 rings (SSSR count). The van der Waals surface area contributed by atoms with E-state index in [4.69, 9.17) is 23.7 Å². The van der Waals surface area contributed by atoms with Crippen molar-refractivity contribution in [2.24, 2.45) is 0 Å². The first-order chi connectivity index (χ1) is 22.2. The predicted molar refractivity (Wildman–Crippen MR) is 180 cm³/mol. The van der Waals surface area contributed by atoms with Crippen molar-refractivity contribution in [3.05, 3.63) is 83.4 Å². The zero-order chi connectivity index (χ0) is 32.7. The maximum atomic E-state index is 14.2. The number of ether oxygens (including phenoxy) is 5. The zero-order valence-electron chi connectivity index (χ0n) is 27.7. The molecule has 250 valence electrons. The Morgan fingerprint density at radius 3 is 2.46 bits per heavy atom. The van der Waals surface area contributed by atoms with Gasteiger partial charge in [0.25, 0.3) is 0 Å². The molecule has 0 radical (unpaired) electrons. The second kappa shape index (κ2) is 15.6. The van der Waals surface area contributed by atoms with Crippen molar-refractivity contribution in [3.8, 4) is 11.5 Å². The van der Waals surface area contributed by atoms with E-state index in [1.807, 2.05) is 50.2 Å². The molecule has 0 aromatic heterocycles. The molecule has 0 saturated carbocycles. The molecular formula is C36H48N2O7S. The fourth-order valence-electron chi connectivity index (χ4n) is 6.46. The van der Waals surface area contributed by atoms with Crippen LogP contribution in [0.15, 0.2) is 71.6 Å². The quantitative estimate of drug-likeness (QED) is 0.202. The standard InChI is InChI=1S/C36H48N2O7S/c1-26-7-14-32(15-8-26)46(39,40)38-24-36(33(23-30(38)21-27(2)42-4)29-10-12-31(43-5)13-11-29)45-25-28-9-16-35-34(22-28)37(18-20-44-35)17-6-19-41-3/h7-16,22,27,30,33,36H,6,17-21,23-25H2,1-5H3/t27-,30+,33-,36+/m1/s1. The van der Waals surface area contributed by atoms with Gasteiger partial charge in [-0.2, -0.15) is 4.31 Å². The lowest BCUT2D eigenvalue weighted by Gasteiger charge is -2.44. The van der Waals surface area contributed by atoms with Crippen LogP contribution < -0.4 is 14.4 Å². The summed E-state index contributed by atoms with van der Waals surface area (Å²) in [5.41, 5.74) is 4.17. The minimum absolute atomic E-state index is 0.0315. The van der Waals surface area contributed by atoms with Gasteiger partial charge in [0.15, 0.2) is 0 Å². The summed E-state index contributed by atoms with van der Waals surface area (Å²) in [4.78, 5) is 2.62. The highest BCUT2D eigenvalue weighted by Gasteiger charge is 2.43. The van der Waals surface area contributed by atoms with E-state index in [-0.39, 0.29) is 35.6 Å². The summed E-state index contributed by atoms with van der Waals surface area (Å²) in [6.07, 6.45) is 1.61. The van der Waals surface area contributed by atoms with Crippen LogP contribution in [0.2, 0.25) is 0 Å². The molecule has 2 aliphatic heterocycles. The van der Waals surface area contributed by atoms with Crippen LogP contribution in [0, 0.1) is 6.92 Å². The number of anilines is 1. The van der Waals surface area contributed by atoms with Crippen LogP contribution in [-0.2, 0) is 30.8 Å². The number of aryl methyl sites for hydroxylation is 1. The topological polar surface area (TPSA) is 86.8 Å². The molecule has 0 unspecified atom stereocenters. The summed E-state index contributed by atoms with van der Waals surface area (Å²) in [5, 5.41) is 0. The van der Waals surface area contributed by atoms with E-state index in [0.717, 1.165) is 53.4 Å². The molecular weight excluding hydrogens is 604 g/mol. The third-order valence-electron chi connectivity index (χ3n) is 9.14. The molecule has 2 aliphatic rings. The lowest BCUT2D eigenvalue weighted by Crippen LogP contribution is -2.53. The Balaban J connectivity index is 1.45. The first-order valence-electron chi connectivity index (χ1n) is 16.1. The number of hydrogen-bond acceptors (Lipinski definition) is 8. The van der Waals surface area contributed by atoms with Crippen LogP contribution in [-0.4, -0.2) is 85.2 Å². The number of nitrogens with zero attached hydrogens (tertiary/aromatic N) is 2. The molecule has 0 N–H and O–H groups in total. The number of piperidine rings is 1. The lowest BCUT2D eigenvalue weighted by atomic mass is 9.82. The molecule has 0 bridgehead atoms. The summed E-state index contributed by atoms with van der Waals surface area (Å²) >= 11 is 0. The number of sulfonamides is 1. The summed E-state index contributed by atoms with van der Waals surface area (Å²) in [6.45, 7) is 7.56. The molecule has 10 heteroatoms. The molecule has 3 aromatic carbocycles. The molecule has 1 saturated heterocycles. The monoisotopic (exact) mass is 652 g/mol. The molecule has 3 aromatic rings. The minimum Gasteiger partial charge on any atom is -0.497 e. The van der Waals surface area contributed by atoms with E-state index >= 15 is 0 Å². The van der Waals surface area contributed by atoms with Gasteiger partial charge in [-0.3, -0.25) is 0 Å². The Labute approximate surface area is 274 Å². The van der Waals surface area contributed by atoms with Crippen LogP contribution in [0.5, 0.6) is 11.5 Å². The van der Waals surface area contributed by atoms with Gasteiger partial charge in [0.2, 0.25) is 10.0 Å². The van der Waals surface area contributed by atoms with Crippen LogP contribution in [0.1, 0.15) is 48.8 Å². The second-order valence-corrected chi connectivity index (χ2v) is 14.2. The molecule has 46 heavy (non-hydrogen) atoms. The van der Waals surface area contributed by atoms with Gasteiger partial charge in [-0.1, -0.05) is 35.9 Å². The summed E-state index contributed by atoms with van der Waals surface area (Å²) in [5.74, 6) is 1.61. The van der Waals surface area contributed by atoms with E-state index in [2.05, 4.69) is 23.1 Å². The van der Waals surface area contributed by atoms with Gasteiger partial charge in [-0.15, -0.1) is 0 Å². The molecule has 1 fully saturated rings. The van der Waals surface area contributed by atoms with Crippen molar-refractivity contribution in [1.29, 1.82) is 0 Å². The van der Waals surface area contributed by atoms with Crippen molar-refractivity contribution in [2.45, 2.75) is 68.8 Å². The van der Waals surface area contributed by atoms with Gasteiger partial charge < -0.3 is 28.6 Å². The van der Waals surface area contributed by atoms with E-state index in [9.17, 15) is 8.42 Å². The van der Waals surface area contributed by atoms with Crippen molar-refractivity contribution in [2.75, 3.05) is 59.1 Å². The number of hydrogen-bond donors (Lipinski definition) is 0. The average Bonchev–Trinajstić information content (AvgIpc) is 3.07. The second-order valence-electron chi connectivity index (χ2n) is 12.3. The zero-order valence-corrected chi connectivity index (χ0v) is 28.5. The summed E-state index contributed by atoms with van der Waals surface area (Å²) in [6, 6.07) is 21.0. The molecule has 0 spiro atoms. The SMILES string of the molecule is COCCCN1CCOc2ccc(CO[C@H]3CN(S(=O)(=O)c4ccc(C)cc4)[C@@H](C[C@@H](C)OC)C[C@@H]3c3ccc(OC)cc3)cc21. The largest absolute Gasteiger partial charge is 0.497 e. The van der Waals surface area contributed by atoms with E-state index < -0.39 is 10.0 Å². The van der Waals surface area contributed by atoms with Crippen LogP contribution >= 0.6 is 0 Å². The molecule has 9 nitrogen and oxygen atoms in total. The van der Waals surface area contributed by atoms with Crippen molar-refractivity contribution >= 4 is 15.7 Å². The Bertz CT molecular complexity index is 1510. The van der Waals surface area contributed by atoms with Gasteiger partial charge >= 0.3 is 0 Å². The first kappa shape index (κ1) is 34.2. The normalized spacial score (nSPS) is 21.0. The van der Waals surface area contributed by atoms with Gasteiger partial charge in [0.05, 0.1) is 43.1 Å². The minimum atomic E-state index is -3.80. The Kier molecular flexibility index (Phi) is 11.6. The van der Waals surface area contributed by atoms with Gasteiger partial charge in [0, 0.05) is 45.9 Å². The van der Waals surface area contributed by atoms with Crippen molar-refractivity contribution in [1.82, 2.24) is 4.31 Å². The van der Waals surface area contributed by atoms with Crippen LogP contribution in [0.4, 0.5) is 5.69 Å². The third kappa shape index (κ3) is 8.04. The van der Waals surface area contributed by atoms with Crippen LogP contribution in [0.3, 0.4) is 0 Å². The van der Waals surface area contributed by atoms with Crippen LogP contribution in [0.25, 0.3) is 0 Å². The first-order valence-corrected chi connectivity index (χ1v) is 17.5. The lowest BCUT2D eigenvalue weighted by molar-refractivity contribution is -0.0276. The van der Waals surface area contributed by atoms with Gasteiger partial charge in [0.1, 0.15) is 18.1 Å². The molecule has 0 amide bonds. The third-order valence-corrected chi connectivity index (χ3v) is 11.1.